The molecule has 0 radical (unpaired) electrons. The second kappa shape index (κ2) is 5.77. The number of anilines is 1. The molecule has 0 amide bonds. The smallest absolute Gasteiger partial charge is 0.328 e. The van der Waals surface area contributed by atoms with E-state index in [4.69, 9.17) is 10.5 Å². The van der Waals surface area contributed by atoms with Crippen LogP contribution in [0.3, 0.4) is 0 Å². The van der Waals surface area contributed by atoms with Gasteiger partial charge in [-0.2, -0.15) is 5.10 Å². The van der Waals surface area contributed by atoms with Crippen molar-refractivity contribution < 1.29 is 9.53 Å². The Labute approximate surface area is 118 Å². The minimum atomic E-state index is -0.323. The number of nitrogens with zero attached hydrogens (tertiary/aromatic N) is 2. The van der Waals surface area contributed by atoms with Crippen molar-refractivity contribution in [2.24, 2.45) is 0 Å². The summed E-state index contributed by atoms with van der Waals surface area (Å²) >= 11 is 0. The Morgan fingerprint density at radius 1 is 1.25 bits per heavy atom. The first-order valence-corrected chi connectivity index (χ1v) is 6.48. The largest absolute Gasteiger partial charge is 0.459 e. The molecule has 2 N–H and O–H groups in total. The zero-order valence-corrected chi connectivity index (χ0v) is 12.0. The van der Waals surface area contributed by atoms with E-state index in [-0.39, 0.29) is 19.1 Å². The molecule has 2 rings (SSSR count). The maximum absolute atomic E-state index is 11.8. The summed E-state index contributed by atoms with van der Waals surface area (Å²) in [5.41, 5.74) is 10.1. The summed E-state index contributed by atoms with van der Waals surface area (Å²) in [5, 5.41) is 4.21. The molecular weight excluding hydrogens is 254 g/mol. The molecule has 0 aliphatic rings. The summed E-state index contributed by atoms with van der Waals surface area (Å²) in [6, 6.07) is 7.88. The van der Waals surface area contributed by atoms with Gasteiger partial charge < -0.3 is 10.5 Å². The van der Waals surface area contributed by atoms with E-state index in [0.29, 0.717) is 5.69 Å². The highest BCUT2D eigenvalue weighted by Gasteiger charge is 2.12. The Hall–Kier alpha value is -2.30. The lowest BCUT2D eigenvalue weighted by Gasteiger charge is -2.07. The minimum Gasteiger partial charge on any atom is -0.459 e. The Balaban J connectivity index is 1.92. The van der Waals surface area contributed by atoms with Crippen LogP contribution in [0.2, 0.25) is 0 Å². The van der Waals surface area contributed by atoms with Crippen LogP contribution in [0.25, 0.3) is 0 Å². The number of hydrogen-bond acceptors (Lipinski definition) is 4. The summed E-state index contributed by atoms with van der Waals surface area (Å²) in [6.07, 6.45) is 0. The number of aryl methyl sites for hydroxylation is 2. The number of ether oxygens (including phenoxy) is 1. The van der Waals surface area contributed by atoms with E-state index < -0.39 is 0 Å². The van der Waals surface area contributed by atoms with Gasteiger partial charge in [-0.25, -0.2) is 0 Å². The lowest BCUT2D eigenvalue weighted by atomic mass is 10.2. The van der Waals surface area contributed by atoms with Gasteiger partial charge in [0, 0.05) is 0 Å². The fourth-order valence-electron chi connectivity index (χ4n) is 1.88. The number of nitrogens with two attached hydrogens (primary N) is 1. The average molecular weight is 273 g/mol. The van der Waals surface area contributed by atoms with Gasteiger partial charge >= 0.3 is 5.97 Å². The van der Waals surface area contributed by atoms with Gasteiger partial charge in [-0.15, -0.1) is 0 Å². The van der Waals surface area contributed by atoms with Crippen molar-refractivity contribution in [3.05, 3.63) is 46.8 Å². The molecule has 5 nitrogen and oxygen atoms in total. The molecule has 20 heavy (non-hydrogen) atoms. The summed E-state index contributed by atoms with van der Waals surface area (Å²) in [7, 11) is 0. The molecule has 0 spiro atoms. The molecule has 0 saturated heterocycles. The van der Waals surface area contributed by atoms with Crippen LogP contribution < -0.4 is 5.73 Å². The molecule has 0 aliphatic heterocycles. The van der Waals surface area contributed by atoms with Crippen molar-refractivity contribution >= 4 is 11.7 Å². The van der Waals surface area contributed by atoms with Crippen molar-refractivity contribution in [1.29, 1.82) is 0 Å². The highest BCUT2D eigenvalue weighted by Crippen LogP contribution is 2.14. The third-order valence-corrected chi connectivity index (χ3v) is 3.24. The molecule has 1 aromatic heterocycles. The van der Waals surface area contributed by atoms with E-state index in [0.717, 1.165) is 17.0 Å². The van der Waals surface area contributed by atoms with Crippen molar-refractivity contribution in [2.45, 2.75) is 33.9 Å². The predicted molar refractivity (Wildman–Crippen MR) is 77.1 cm³/mol. The lowest BCUT2D eigenvalue weighted by Crippen LogP contribution is -2.15. The molecule has 106 valence electrons. The number of esters is 1. The Bertz CT molecular complexity index is 615. The van der Waals surface area contributed by atoms with E-state index in [2.05, 4.69) is 5.10 Å². The molecule has 0 unspecified atom stereocenters. The fourth-order valence-corrected chi connectivity index (χ4v) is 1.88. The fraction of sp³-hybridized carbons (Fsp3) is 0.333. The molecular formula is C15H19N3O2. The second-order valence-electron chi connectivity index (χ2n) is 4.89. The molecule has 0 bridgehead atoms. The van der Waals surface area contributed by atoms with Crippen LogP contribution in [-0.2, 0) is 22.7 Å². The van der Waals surface area contributed by atoms with Crippen LogP contribution in [0.1, 0.15) is 22.5 Å². The van der Waals surface area contributed by atoms with Crippen molar-refractivity contribution in [3.63, 3.8) is 0 Å². The van der Waals surface area contributed by atoms with Gasteiger partial charge in [0.05, 0.1) is 17.1 Å². The molecule has 2 aromatic rings. The van der Waals surface area contributed by atoms with Crippen LogP contribution in [0.5, 0.6) is 0 Å². The number of carbonyl (C=O) groups excluding carboxylic acids is 1. The Kier molecular flexibility index (Phi) is 4.08. The first kappa shape index (κ1) is 14.1. The third-order valence-electron chi connectivity index (χ3n) is 3.24. The summed E-state index contributed by atoms with van der Waals surface area (Å²) in [6.45, 7) is 6.02. The van der Waals surface area contributed by atoms with Crippen LogP contribution in [0, 0.1) is 20.8 Å². The van der Waals surface area contributed by atoms with Gasteiger partial charge in [-0.05, 0) is 26.3 Å². The lowest BCUT2D eigenvalue weighted by molar-refractivity contribution is -0.145. The number of hydrogen-bond donors (Lipinski definition) is 1. The van der Waals surface area contributed by atoms with Crippen molar-refractivity contribution in [2.75, 3.05) is 5.73 Å². The van der Waals surface area contributed by atoms with Crippen LogP contribution in [0.4, 0.5) is 5.69 Å². The standard InChI is InChI=1S/C15H19N3O2/c1-10-4-6-13(7-5-10)9-20-14(19)8-18-12(3)15(16)11(2)17-18/h4-7H,8-9,16H2,1-3H3. The van der Waals surface area contributed by atoms with Gasteiger partial charge in [0.1, 0.15) is 13.2 Å². The van der Waals surface area contributed by atoms with E-state index in [1.54, 1.807) is 4.68 Å². The summed E-state index contributed by atoms with van der Waals surface area (Å²) < 4.78 is 6.81. The first-order chi connectivity index (χ1) is 9.47. The van der Waals surface area contributed by atoms with E-state index in [9.17, 15) is 4.79 Å². The second-order valence-corrected chi connectivity index (χ2v) is 4.89. The molecule has 0 aliphatic carbocycles. The quantitative estimate of drug-likeness (QED) is 0.866. The Morgan fingerprint density at radius 2 is 1.90 bits per heavy atom. The zero-order valence-electron chi connectivity index (χ0n) is 12.0. The van der Waals surface area contributed by atoms with E-state index in [1.165, 1.54) is 5.56 Å². The van der Waals surface area contributed by atoms with Gasteiger partial charge in [0.2, 0.25) is 0 Å². The van der Waals surface area contributed by atoms with Gasteiger partial charge in [0.25, 0.3) is 0 Å². The van der Waals surface area contributed by atoms with Gasteiger partial charge in [-0.1, -0.05) is 29.8 Å². The van der Waals surface area contributed by atoms with Gasteiger partial charge in [-0.3, -0.25) is 9.48 Å². The minimum absolute atomic E-state index is 0.0791. The first-order valence-electron chi connectivity index (χ1n) is 6.48. The van der Waals surface area contributed by atoms with Crippen molar-refractivity contribution in [3.8, 4) is 0 Å². The maximum Gasteiger partial charge on any atom is 0.328 e. The Morgan fingerprint density at radius 3 is 2.45 bits per heavy atom. The van der Waals surface area contributed by atoms with Crippen LogP contribution in [-0.4, -0.2) is 15.7 Å². The zero-order chi connectivity index (χ0) is 14.7. The van der Waals surface area contributed by atoms with E-state index >= 15 is 0 Å². The SMILES string of the molecule is Cc1ccc(COC(=O)Cn2nc(C)c(N)c2C)cc1. The summed E-state index contributed by atoms with van der Waals surface area (Å²) in [4.78, 5) is 11.8. The van der Waals surface area contributed by atoms with Gasteiger partial charge in [0.15, 0.2) is 0 Å². The number of carbonyl (C=O) groups is 1. The molecule has 5 heteroatoms. The molecule has 0 atom stereocenters. The average Bonchev–Trinajstić information content (AvgIpc) is 2.66. The normalized spacial score (nSPS) is 10.6. The molecule has 1 aromatic carbocycles. The highest BCUT2D eigenvalue weighted by molar-refractivity contribution is 5.69. The molecule has 0 fully saturated rings. The molecule has 0 saturated carbocycles. The third kappa shape index (κ3) is 3.17. The maximum atomic E-state index is 11.8. The van der Waals surface area contributed by atoms with E-state index in [1.807, 2.05) is 45.0 Å². The number of nitrogen functional groups attached to an aromatic ring is 1. The topological polar surface area (TPSA) is 70.1 Å². The highest BCUT2D eigenvalue weighted by atomic mass is 16.5. The monoisotopic (exact) mass is 273 g/mol. The summed E-state index contributed by atoms with van der Waals surface area (Å²) in [5.74, 6) is -0.323. The van der Waals surface area contributed by atoms with Crippen LogP contribution in [0.15, 0.2) is 24.3 Å². The van der Waals surface area contributed by atoms with Crippen LogP contribution >= 0.6 is 0 Å². The molecule has 1 heterocycles. The number of benzene rings is 1. The number of rotatable bonds is 4. The predicted octanol–water partition coefficient (Wildman–Crippen LogP) is 2.13. The van der Waals surface area contributed by atoms with Crippen molar-refractivity contribution in [1.82, 2.24) is 9.78 Å². The number of aromatic nitrogens is 2.